The van der Waals surface area contributed by atoms with Crippen molar-refractivity contribution in [3.8, 4) is 0 Å². The highest BCUT2D eigenvalue weighted by atomic mass is 19.1. The van der Waals surface area contributed by atoms with Gasteiger partial charge >= 0.3 is 6.03 Å². The molecule has 0 saturated carbocycles. The molecule has 4 nitrogen and oxygen atoms in total. The Hall–Kier alpha value is -1.62. The molecule has 23 heavy (non-hydrogen) atoms. The number of aliphatic hydroxyl groups is 1. The number of likely N-dealkylation sites (tertiary alicyclic amines) is 1. The number of benzene rings is 1. The standard InChI is InChI=1S/C18H27FN2O2/c1-13(2)17(11-14-3-5-16(19)6-4-14)20-18(23)21-9-7-15(12-22)8-10-21/h3-6,13,15,17,22H,7-12H2,1-2H3,(H,20,23). The predicted molar refractivity (Wildman–Crippen MR) is 88.6 cm³/mol. The highest BCUT2D eigenvalue weighted by molar-refractivity contribution is 5.74. The number of halogens is 1. The van der Waals surface area contributed by atoms with Crippen molar-refractivity contribution in [2.75, 3.05) is 19.7 Å². The van der Waals surface area contributed by atoms with Crippen molar-refractivity contribution in [3.05, 3.63) is 35.6 Å². The third-order valence-electron chi connectivity index (χ3n) is 4.64. The maximum atomic E-state index is 13.0. The van der Waals surface area contributed by atoms with Gasteiger partial charge in [-0.3, -0.25) is 0 Å². The van der Waals surface area contributed by atoms with Crippen LogP contribution in [0.3, 0.4) is 0 Å². The number of rotatable bonds is 5. The van der Waals surface area contributed by atoms with Crippen LogP contribution in [-0.2, 0) is 6.42 Å². The van der Waals surface area contributed by atoms with Crippen LogP contribution >= 0.6 is 0 Å². The van der Waals surface area contributed by atoms with Gasteiger partial charge in [-0.05, 0) is 48.8 Å². The summed E-state index contributed by atoms with van der Waals surface area (Å²) >= 11 is 0. The van der Waals surface area contributed by atoms with Gasteiger partial charge in [-0.2, -0.15) is 0 Å². The van der Waals surface area contributed by atoms with Gasteiger partial charge in [0.25, 0.3) is 0 Å². The molecule has 1 heterocycles. The van der Waals surface area contributed by atoms with E-state index in [1.54, 1.807) is 12.1 Å². The molecule has 1 aromatic carbocycles. The number of nitrogens with one attached hydrogen (secondary N) is 1. The molecule has 2 N–H and O–H groups in total. The molecule has 0 bridgehead atoms. The predicted octanol–water partition coefficient (Wildman–Crippen LogP) is 2.81. The van der Waals surface area contributed by atoms with E-state index in [1.165, 1.54) is 12.1 Å². The van der Waals surface area contributed by atoms with Crippen molar-refractivity contribution in [2.24, 2.45) is 11.8 Å². The lowest BCUT2D eigenvalue weighted by molar-refractivity contribution is 0.134. The van der Waals surface area contributed by atoms with Crippen LogP contribution in [0.1, 0.15) is 32.3 Å². The summed E-state index contributed by atoms with van der Waals surface area (Å²) in [5.41, 5.74) is 1.02. The molecule has 1 unspecified atom stereocenters. The molecule has 0 aromatic heterocycles. The minimum atomic E-state index is -0.245. The largest absolute Gasteiger partial charge is 0.396 e. The normalized spacial score (nSPS) is 17.3. The highest BCUT2D eigenvalue weighted by Crippen LogP contribution is 2.17. The Bertz CT molecular complexity index is 496. The smallest absolute Gasteiger partial charge is 0.317 e. The minimum Gasteiger partial charge on any atom is -0.396 e. The Morgan fingerprint density at radius 1 is 1.30 bits per heavy atom. The molecule has 1 saturated heterocycles. The van der Waals surface area contributed by atoms with Crippen LogP contribution in [-0.4, -0.2) is 41.8 Å². The topological polar surface area (TPSA) is 52.6 Å². The molecule has 0 aliphatic carbocycles. The lowest BCUT2D eigenvalue weighted by atomic mass is 9.96. The number of carbonyl (C=O) groups excluding carboxylic acids is 1. The Kier molecular flexibility index (Phi) is 6.39. The summed E-state index contributed by atoms with van der Waals surface area (Å²) in [7, 11) is 0. The van der Waals surface area contributed by atoms with Gasteiger partial charge in [-0.25, -0.2) is 9.18 Å². The molecule has 0 radical (unpaired) electrons. The van der Waals surface area contributed by atoms with Crippen LogP contribution in [0.5, 0.6) is 0 Å². The van der Waals surface area contributed by atoms with Crippen LogP contribution in [0.4, 0.5) is 9.18 Å². The van der Waals surface area contributed by atoms with E-state index in [0.717, 1.165) is 18.4 Å². The summed E-state index contributed by atoms with van der Waals surface area (Å²) in [5, 5.41) is 12.3. The Balaban J connectivity index is 1.91. The number of carbonyl (C=O) groups is 1. The molecular weight excluding hydrogens is 295 g/mol. The second-order valence-electron chi connectivity index (χ2n) is 6.74. The first-order valence-corrected chi connectivity index (χ1v) is 8.40. The molecule has 5 heteroatoms. The fraction of sp³-hybridized carbons (Fsp3) is 0.611. The molecule has 1 fully saturated rings. The third-order valence-corrected chi connectivity index (χ3v) is 4.64. The van der Waals surface area contributed by atoms with E-state index < -0.39 is 0 Å². The van der Waals surface area contributed by atoms with E-state index in [0.29, 0.717) is 31.3 Å². The molecule has 2 rings (SSSR count). The monoisotopic (exact) mass is 322 g/mol. The van der Waals surface area contributed by atoms with Gasteiger partial charge in [0.1, 0.15) is 5.82 Å². The highest BCUT2D eigenvalue weighted by Gasteiger charge is 2.25. The van der Waals surface area contributed by atoms with Gasteiger partial charge in [0, 0.05) is 25.7 Å². The molecule has 1 atom stereocenters. The fourth-order valence-corrected chi connectivity index (χ4v) is 2.90. The van der Waals surface area contributed by atoms with Crippen LogP contribution in [0, 0.1) is 17.7 Å². The Morgan fingerprint density at radius 3 is 2.43 bits per heavy atom. The second kappa shape index (κ2) is 8.29. The summed E-state index contributed by atoms with van der Waals surface area (Å²) in [5.74, 6) is 0.365. The van der Waals surface area contributed by atoms with E-state index in [9.17, 15) is 14.3 Å². The summed E-state index contributed by atoms with van der Waals surface area (Å²) < 4.78 is 13.0. The SMILES string of the molecule is CC(C)C(Cc1ccc(F)cc1)NC(=O)N1CCC(CO)CC1. The number of piperidine rings is 1. The van der Waals surface area contributed by atoms with Crippen LogP contribution in [0.15, 0.2) is 24.3 Å². The van der Waals surface area contributed by atoms with Crippen molar-refractivity contribution in [2.45, 2.75) is 39.2 Å². The molecule has 1 aromatic rings. The second-order valence-corrected chi connectivity index (χ2v) is 6.74. The quantitative estimate of drug-likeness (QED) is 0.876. The third kappa shape index (κ3) is 5.20. The van der Waals surface area contributed by atoms with E-state index in [1.807, 2.05) is 4.90 Å². The Morgan fingerprint density at radius 2 is 1.91 bits per heavy atom. The van der Waals surface area contributed by atoms with Gasteiger partial charge in [0.05, 0.1) is 0 Å². The zero-order valence-corrected chi connectivity index (χ0v) is 14.0. The average molecular weight is 322 g/mol. The first-order valence-electron chi connectivity index (χ1n) is 8.40. The van der Waals surface area contributed by atoms with Crippen LogP contribution in [0.2, 0.25) is 0 Å². The van der Waals surface area contributed by atoms with Crippen molar-refractivity contribution in [1.29, 1.82) is 0 Å². The van der Waals surface area contributed by atoms with E-state index in [4.69, 9.17) is 0 Å². The fourth-order valence-electron chi connectivity index (χ4n) is 2.90. The van der Waals surface area contributed by atoms with Crippen LogP contribution < -0.4 is 5.32 Å². The van der Waals surface area contributed by atoms with E-state index >= 15 is 0 Å². The van der Waals surface area contributed by atoms with Gasteiger partial charge in [0.2, 0.25) is 0 Å². The number of amides is 2. The van der Waals surface area contributed by atoms with Gasteiger partial charge in [-0.1, -0.05) is 26.0 Å². The zero-order chi connectivity index (χ0) is 16.8. The number of urea groups is 1. The summed E-state index contributed by atoms with van der Waals surface area (Å²) in [6, 6.07) is 6.42. The van der Waals surface area contributed by atoms with E-state index in [2.05, 4.69) is 19.2 Å². The lowest BCUT2D eigenvalue weighted by Crippen LogP contribution is -2.50. The first-order chi connectivity index (χ1) is 11.0. The Labute approximate surface area is 137 Å². The maximum Gasteiger partial charge on any atom is 0.317 e. The molecule has 128 valence electrons. The lowest BCUT2D eigenvalue weighted by Gasteiger charge is -2.33. The molecule has 1 aliphatic heterocycles. The zero-order valence-electron chi connectivity index (χ0n) is 14.0. The average Bonchev–Trinajstić information content (AvgIpc) is 2.56. The minimum absolute atomic E-state index is 0.0172. The van der Waals surface area contributed by atoms with Crippen LogP contribution in [0.25, 0.3) is 0 Å². The van der Waals surface area contributed by atoms with E-state index in [-0.39, 0.29) is 24.5 Å². The van der Waals surface area contributed by atoms with Gasteiger partial charge in [-0.15, -0.1) is 0 Å². The molecule has 2 amide bonds. The number of hydrogen-bond acceptors (Lipinski definition) is 2. The summed E-state index contributed by atoms with van der Waals surface area (Å²) in [4.78, 5) is 14.3. The molecule has 0 spiro atoms. The van der Waals surface area contributed by atoms with Crippen molar-refractivity contribution in [1.82, 2.24) is 10.2 Å². The summed E-state index contributed by atoms with van der Waals surface area (Å²) in [6.07, 6.45) is 2.40. The van der Waals surface area contributed by atoms with Crippen molar-refractivity contribution < 1.29 is 14.3 Å². The maximum absolute atomic E-state index is 13.0. The summed E-state index contributed by atoms with van der Waals surface area (Å²) in [6.45, 7) is 5.74. The molecule has 1 aliphatic rings. The number of hydrogen-bond donors (Lipinski definition) is 2. The number of nitrogens with zero attached hydrogens (tertiary/aromatic N) is 1. The first kappa shape index (κ1) is 17.7. The number of aliphatic hydroxyl groups excluding tert-OH is 1. The molecular formula is C18H27FN2O2. The van der Waals surface area contributed by atoms with Gasteiger partial charge < -0.3 is 15.3 Å². The van der Waals surface area contributed by atoms with Crippen molar-refractivity contribution >= 4 is 6.03 Å². The van der Waals surface area contributed by atoms with Gasteiger partial charge in [0.15, 0.2) is 0 Å². The van der Waals surface area contributed by atoms with Crippen molar-refractivity contribution in [3.63, 3.8) is 0 Å².